The minimum atomic E-state index is -0.172. The first-order valence-corrected chi connectivity index (χ1v) is 7.26. The van der Waals surface area contributed by atoms with Crippen LogP contribution in [0.2, 0.25) is 5.02 Å². The van der Waals surface area contributed by atoms with E-state index in [0.29, 0.717) is 10.7 Å². The van der Waals surface area contributed by atoms with Crippen LogP contribution in [0.5, 0.6) is 0 Å². The Kier molecular flexibility index (Phi) is 5.01. The van der Waals surface area contributed by atoms with Gasteiger partial charge in [-0.2, -0.15) is 0 Å². The van der Waals surface area contributed by atoms with Crippen LogP contribution in [0.15, 0.2) is 24.3 Å². The first-order valence-electron chi connectivity index (χ1n) is 6.89. The third kappa shape index (κ3) is 3.97. The molecular weight excluding hydrogens is 276 g/mol. The average Bonchev–Trinajstić information content (AvgIpc) is 2.92. The molecule has 1 aliphatic rings. The molecule has 0 spiro atoms. The summed E-state index contributed by atoms with van der Waals surface area (Å²) in [4.78, 5) is 25.4. The van der Waals surface area contributed by atoms with E-state index in [1.165, 1.54) is 6.92 Å². The van der Waals surface area contributed by atoms with Gasteiger partial charge < -0.3 is 10.2 Å². The van der Waals surface area contributed by atoms with Crippen LogP contribution in [0, 0.1) is 0 Å². The van der Waals surface area contributed by atoms with Gasteiger partial charge in [0.15, 0.2) is 0 Å². The van der Waals surface area contributed by atoms with Crippen molar-refractivity contribution in [3.8, 4) is 0 Å². The number of hydrogen-bond donors (Lipinski definition) is 1. The molecule has 0 aromatic heterocycles. The highest BCUT2D eigenvalue weighted by Crippen LogP contribution is 2.23. The maximum Gasteiger partial charge on any atom is 0.244 e. The molecule has 2 amide bonds. The van der Waals surface area contributed by atoms with Gasteiger partial charge in [0.05, 0.1) is 0 Å². The largest absolute Gasteiger partial charge is 0.331 e. The van der Waals surface area contributed by atoms with E-state index in [9.17, 15) is 9.59 Å². The number of amides is 2. The van der Waals surface area contributed by atoms with Gasteiger partial charge >= 0.3 is 0 Å². The number of hydrogen-bond acceptors (Lipinski definition) is 2. The Bertz CT molecular complexity index is 481. The molecule has 0 saturated heterocycles. The lowest BCUT2D eigenvalue weighted by Gasteiger charge is -2.27. The van der Waals surface area contributed by atoms with Crippen molar-refractivity contribution in [3.05, 3.63) is 29.3 Å². The molecule has 1 aromatic rings. The molecule has 1 aromatic carbocycles. The number of halogens is 1. The van der Waals surface area contributed by atoms with E-state index in [-0.39, 0.29) is 24.4 Å². The second kappa shape index (κ2) is 6.75. The number of anilines is 1. The Morgan fingerprint density at radius 2 is 1.85 bits per heavy atom. The number of nitrogens with zero attached hydrogens (tertiary/aromatic N) is 1. The molecule has 0 radical (unpaired) electrons. The first-order chi connectivity index (χ1) is 9.56. The topological polar surface area (TPSA) is 49.4 Å². The van der Waals surface area contributed by atoms with Crippen LogP contribution < -0.4 is 5.32 Å². The van der Waals surface area contributed by atoms with Crippen LogP contribution in [0.4, 0.5) is 5.69 Å². The van der Waals surface area contributed by atoms with Gasteiger partial charge in [-0.05, 0) is 37.1 Å². The van der Waals surface area contributed by atoms with E-state index in [1.54, 1.807) is 29.2 Å². The zero-order valence-electron chi connectivity index (χ0n) is 11.6. The third-order valence-corrected chi connectivity index (χ3v) is 3.86. The quantitative estimate of drug-likeness (QED) is 0.928. The summed E-state index contributed by atoms with van der Waals surface area (Å²) in [5.74, 6) is -0.211. The molecular formula is C15H19ClN2O2. The molecule has 2 rings (SSSR count). The van der Waals surface area contributed by atoms with E-state index in [2.05, 4.69) is 5.32 Å². The lowest BCUT2D eigenvalue weighted by molar-refractivity contribution is -0.135. The third-order valence-electron chi connectivity index (χ3n) is 3.61. The summed E-state index contributed by atoms with van der Waals surface area (Å²) < 4.78 is 0. The van der Waals surface area contributed by atoms with Crippen LogP contribution in [0.3, 0.4) is 0 Å². The molecule has 0 bridgehead atoms. The summed E-state index contributed by atoms with van der Waals surface area (Å²) in [6.07, 6.45) is 4.25. The van der Waals surface area contributed by atoms with Crippen LogP contribution in [-0.2, 0) is 9.59 Å². The molecule has 0 unspecified atom stereocenters. The lowest BCUT2D eigenvalue weighted by atomic mass is 10.2. The number of carbonyl (C=O) groups excluding carboxylic acids is 2. The fourth-order valence-electron chi connectivity index (χ4n) is 2.60. The highest BCUT2D eigenvalue weighted by Gasteiger charge is 2.26. The van der Waals surface area contributed by atoms with Crippen molar-refractivity contribution < 1.29 is 9.59 Å². The monoisotopic (exact) mass is 294 g/mol. The fourth-order valence-corrected chi connectivity index (χ4v) is 2.73. The molecule has 1 aliphatic carbocycles. The van der Waals surface area contributed by atoms with E-state index in [1.807, 2.05) is 0 Å². The molecule has 1 saturated carbocycles. The van der Waals surface area contributed by atoms with Crippen molar-refractivity contribution in [3.63, 3.8) is 0 Å². The van der Waals surface area contributed by atoms with Crippen molar-refractivity contribution in [1.82, 2.24) is 4.90 Å². The van der Waals surface area contributed by atoms with Gasteiger partial charge in [0, 0.05) is 23.7 Å². The van der Waals surface area contributed by atoms with E-state index < -0.39 is 0 Å². The molecule has 1 N–H and O–H groups in total. The van der Waals surface area contributed by atoms with Crippen molar-refractivity contribution in [1.29, 1.82) is 0 Å². The Morgan fingerprint density at radius 3 is 2.40 bits per heavy atom. The molecule has 5 heteroatoms. The Hall–Kier alpha value is -1.55. The van der Waals surface area contributed by atoms with Crippen molar-refractivity contribution in [2.24, 2.45) is 0 Å². The molecule has 4 nitrogen and oxygen atoms in total. The molecule has 0 atom stereocenters. The second-order valence-electron chi connectivity index (χ2n) is 5.14. The SMILES string of the molecule is CC(=O)N(CC(=O)Nc1ccc(Cl)cc1)C1CCCC1. The number of rotatable bonds is 4. The maximum absolute atomic E-state index is 12.0. The van der Waals surface area contributed by atoms with Gasteiger partial charge in [0.2, 0.25) is 11.8 Å². The average molecular weight is 295 g/mol. The van der Waals surface area contributed by atoms with E-state index >= 15 is 0 Å². The molecule has 0 aliphatic heterocycles. The summed E-state index contributed by atoms with van der Waals surface area (Å²) >= 11 is 5.79. The van der Waals surface area contributed by atoms with Gasteiger partial charge in [0.25, 0.3) is 0 Å². The first kappa shape index (κ1) is 14.9. The van der Waals surface area contributed by atoms with Crippen LogP contribution in [-0.4, -0.2) is 29.3 Å². The lowest BCUT2D eigenvalue weighted by Crippen LogP contribution is -2.42. The molecule has 1 fully saturated rings. The summed E-state index contributed by atoms with van der Waals surface area (Å²) in [6.45, 7) is 1.64. The number of nitrogens with one attached hydrogen (secondary N) is 1. The highest BCUT2D eigenvalue weighted by molar-refractivity contribution is 6.30. The smallest absolute Gasteiger partial charge is 0.244 e. The molecule has 0 heterocycles. The zero-order valence-corrected chi connectivity index (χ0v) is 12.3. The summed E-state index contributed by atoms with van der Waals surface area (Å²) in [6, 6.07) is 7.14. The number of benzene rings is 1. The zero-order chi connectivity index (χ0) is 14.5. The Morgan fingerprint density at radius 1 is 1.25 bits per heavy atom. The van der Waals surface area contributed by atoms with Crippen LogP contribution in [0.25, 0.3) is 0 Å². The number of carbonyl (C=O) groups is 2. The molecule has 20 heavy (non-hydrogen) atoms. The Labute approximate surface area is 124 Å². The standard InChI is InChI=1S/C15H19ClN2O2/c1-11(19)18(14-4-2-3-5-14)10-15(20)17-13-8-6-12(16)7-9-13/h6-9,14H,2-5,10H2,1H3,(H,17,20). The van der Waals surface area contributed by atoms with Gasteiger partial charge in [-0.1, -0.05) is 24.4 Å². The minimum absolute atomic E-state index is 0.0387. The highest BCUT2D eigenvalue weighted by atomic mass is 35.5. The summed E-state index contributed by atoms with van der Waals surface area (Å²) in [5.41, 5.74) is 0.689. The van der Waals surface area contributed by atoms with Crippen molar-refractivity contribution >= 4 is 29.1 Å². The predicted octanol–water partition coefficient (Wildman–Crippen LogP) is 3.07. The van der Waals surface area contributed by atoms with Gasteiger partial charge in [-0.3, -0.25) is 9.59 Å². The van der Waals surface area contributed by atoms with E-state index in [0.717, 1.165) is 25.7 Å². The minimum Gasteiger partial charge on any atom is -0.331 e. The van der Waals surface area contributed by atoms with Crippen LogP contribution in [0.1, 0.15) is 32.6 Å². The van der Waals surface area contributed by atoms with Crippen LogP contribution >= 0.6 is 11.6 Å². The predicted molar refractivity (Wildman–Crippen MR) is 79.7 cm³/mol. The second-order valence-corrected chi connectivity index (χ2v) is 5.58. The summed E-state index contributed by atoms with van der Waals surface area (Å²) in [5, 5.41) is 3.41. The molecule has 108 valence electrons. The normalized spacial score (nSPS) is 15.1. The van der Waals surface area contributed by atoms with E-state index in [4.69, 9.17) is 11.6 Å². The van der Waals surface area contributed by atoms with Crippen molar-refractivity contribution in [2.75, 3.05) is 11.9 Å². The Balaban J connectivity index is 1.94. The maximum atomic E-state index is 12.0. The van der Waals surface area contributed by atoms with Gasteiger partial charge in [-0.25, -0.2) is 0 Å². The van der Waals surface area contributed by atoms with Gasteiger partial charge in [0.1, 0.15) is 6.54 Å². The van der Waals surface area contributed by atoms with Gasteiger partial charge in [-0.15, -0.1) is 0 Å². The van der Waals surface area contributed by atoms with Crippen molar-refractivity contribution in [2.45, 2.75) is 38.6 Å². The summed E-state index contributed by atoms with van der Waals surface area (Å²) in [7, 11) is 0. The fraction of sp³-hybridized carbons (Fsp3) is 0.467.